The number of rotatable bonds is 4. The Kier molecular flexibility index (Phi) is 3.90. The highest BCUT2D eigenvalue weighted by molar-refractivity contribution is 5.49. The molecule has 1 aromatic carbocycles. The van der Waals surface area contributed by atoms with Crippen LogP contribution in [0.3, 0.4) is 0 Å². The monoisotopic (exact) mass is 212 g/mol. The molecule has 0 bridgehead atoms. The van der Waals surface area contributed by atoms with E-state index >= 15 is 0 Å². The van der Waals surface area contributed by atoms with Crippen LogP contribution in [0.25, 0.3) is 0 Å². The fourth-order valence-electron chi connectivity index (χ4n) is 1.31. The van der Waals surface area contributed by atoms with Gasteiger partial charge in [-0.25, -0.2) is 0 Å². The van der Waals surface area contributed by atoms with Gasteiger partial charge in [-0.1, -0.05) is 6.07 Å². The van der Waals surface area contributed by atoms with Gasteiger partial charge in [0.25, 0.3) is 0 Å². The summed E-state index contributed by atoms with van der Waals surface area (Å²) in [6.07, 6.45) is -2.08. The maximum atomic E-state index is 9.74. The fourth-order valence-corrected chi connectivity index (χ4v) is 1.31. The van der Waals surface area contributed by atoms with Crippen molar-refractivity contribution in [3.63, 3.8) is 0 Å². The van der Waals surface area contributed by atoms with Crippen LogP contribution < -0.4 is 16.2 Å². The molecule has 5 heteroatoms. The first kappa shape index (κ1) is 11.8. The van der Waals surface area contributed by atoms with Gasteiger partial charge in [-0.2, -0.15) is 0 Å². The number of hydrogen-bond donors (Lipinski definition) is 4. The molecule has 0 saturated carbocycles. The normalized spacial score (nSPS) is 14.7. The molecule has 0 aromatic heterocycles. The van der Waals surface area contributed by atoms with Gasteiger partial charge in [-0.3, -0.25) is 0 Å². The summed E-state index contributed by atoms with van der Waals surface area (Å²) in [6.45, 7) is -0.0191. The van der Waals surface area contributed by atoms with Crippen molar-refractivity contribution in [3.8, 4) is 5.75 Å². The SMILES string of the molecule is COc1cc(N)ccc1C(O)C(O)CN. The lowest BCUT2D eigenvalue weighted by molar-refractivity contribution is 0.0229. The molecule has 0 fully saturated rings. The van der Waals surface area contributed by atoms with E-state index in [-0.39, 0.29) is 6.54 Å². The van der Waals surface area contributed by atoms with E-state index in [0.717, 1.165) is 0 Å². The number of nitrogens with two attached hydrogens (primary N) is 2. The molecule has 0 aliphatic rings. The van der Waals surface area contributed by atoms with E-state index in [9.17, 15) is 10.2 Å². The van der Waals surface area contributed by atoms with Crippen LogP contribution >= 0.6 is 0 Å². The van der Waals surface area contributed by atoms with Gasteiger partial charge in [0, 0.05) is 23.9 Å². The minimum absolute atomic E-state index is 0.0191. The molecular weight excluding hydrogens is 196 g/mol. The lowest BCUT2D eigenvalue weighted by Crippen LogP contribution is -2.27. The zero-order valence-electron chi connectivity index (χ0n) is 8.55. The predicted molar refractivity (Wildman–Crippen MR) is 57.4 cm³/mol. The van der Waals surface area contributed by atoms with Gasteiger partial charge < -0.3 is 26.4 Å². The number of nitrogen functional groups attached to an aromatic ring is 1. The van der Waals surface area contributed by atoms with Crippen molar-refractivity contribution in [2.75, 3.05) is 19.4 Å². The maximum absolute atomic E-state index is 9.74. The molecule has 0 aliphatic heterocycles. The van der Waals surface area contributed by atoms with Crippen molar-refractivity contribution in [1.29, 1.82) is 0 Å². The lowest BCUT2D eigenvalue weighted by Gasteiger charge is -2.19. The van der Waals surface area contributed by atoms with Gasteiger partial charge >= 0.3 is 0 Å². The Labute approximate surface area is 88.3 Å². The number of benzene rings is 1. The highest BCUT2D eigenvalue weighted by atomic mass is 16.5. The quantitative estimate of drug-likeness (QED) is 0.510. The highest BCUT2D eigenvalue weighted by Crippen LogP contribution is 2.28. The van der Waals surface area contributed by atoms with Crippen LogP contribution in [0.2, 0.25) is 0 Å². The van der Waals surface area contributed by atoms with Crippen molar-refractivity contribution in [3.05, 3.63) is 23.8 Å². The maximum Gasteiger partial charge on any atom is 0.126 e. The summed E-state index contributed by atoms with van der Waals surface area (Å²) in [4.78, 5) is 0. The molecule has 2 unspecified atom stereocenters. The van der Waals surface area contributed by atoms with E-state index < -0.39 is 12.2 Å². The minimum atomic E-state index is -1.06. The van der Waals surface area contributed by atoms with E-state index in [1.165, 1.54) is 7.11 Å². The van der Waals surface area contributed by atoms with Crippen molar-refractivity contribution in [1.82, 2.24) is 0 Å². The molecule has 0 amide bonds. The fraction of sp³-hybridized carbons (Fsp3) is 0.400. The second-order valence-corrected chi connectivity index (χ2v) is 3.25. The third kappa shape index (κ3) is 2.59. The number of aliphatic hydroxyl groups is 2. The summed E-state index contributed by atoms with van der Waals surface area (Å²) in [7, 11) is 1.47. The van der Waals surface area contributed by atoms with Crippen LogP contribution in [0.4, 0.5) is 5.69 Å². The third-order valence-corrected chi connectivity index (χ3v) is 2.18. The molecule has 0 spiro atoms. The third-order valence-electron chi connectivity index (χ3n) is 2.18. The van der Waals surface area contributed by atoms with Crippen LogP contribution in [0.5, 0.6) is 5.75 Å². The van der Waals surface area contributed by atoms with Crippen LogP contribution in [0.1, 0.15) is 11.7 Å². The van der Waals surface area contributed by atoms with E-state index in [2.05, 4.69) is 0 Å². The summed E-state index contributed by atoms with van der Waals surface area (Å²) in [6, 6.07) is 4.82. The first-order valence-electron chi connectivity index (χ1n) is 4.59. The molecule has 2 atom stereocenters. The summed E-state index contributed by atoms with van der Waals surface area (Å²) in [5.74, 6) is 0.440. The van der Waals surface area contributed by atoms with E-state index in [4.69, 9.17) is 16.2 Å². The first-order valence-corrected chi connectivity index (χ1v) is 4.59. The standard InChI is InChI=1S/C10H16N2O3/c1-15-9-4-6(12)2-3-7(9)10(14)8(13)5-11/h2-4,8,10,13-14H,5,11-12H2,1H3. The van der Waals surface area contributed by atoms with Gasteiger partial charge in [-0.05, 0) is 6.07 Å². The van der Waals surface area contributed by atoms with Crippen molar-refractivity contribution < 1.29 is 14.9 Å². The van der Waals surface area contributed by atoms with Crippen molar-refractivity contribution in [2.24, 2.45) is 5.73 Å². The average Bonchev–Trinajstić information content (AvgIpc) is 2.26. The Balaban J connectivity index is 3.02. The second kappa shape index (κ2) is 4.97. The number of hydrogen-bond acceptors (Lipinski definition) is 5. The second-order valence-electron chi connectivity index (χ2n) is 3.25. The summed E-state index contributed by atoms with van der Waals surface area (Å²) in [5.41, 5.74) is 11.8. The average molecular weight is 212 g/mol. The topological polar surface area (TPSA) is 102 Å². The van der Waals surface area contributed by atoms with Gasteiger partial charge in [0.1, 0.15) is 11.9 Å². The number of aliphatic hydroxyl groups excluding tert-OH is 2. The number of methoxy groups -OCH3 is 1. The summed E-state index contributed by atoms with van der Waals surface area (Å²) < 4.78 is 5.05. The van der Waals surface area contributed by atoms with Crippen LogP contribution in [-0.4, -0.2) is 30.0 Å². The van der Waals surface area contributed by atoms with Gasteiger partial charge in [-0.15, -0.1) is 0 Å². The van der Waals surface area contributed by atoms with Crippen LogP contribution in [-0.2, 0) is 0 Å². The Morgan fingerprint density at radius 3 is 2.60 bits per heavy atom. The van der Waals surface area contributed by atoms with E-state index in [0.29, 0.717) is 17.0 Å². The molecule has 15 heavy (non-hydrogen) atoms. The zero-order chi connectivity index (χ0) is 11.4. The Morgan fingerprint density at radius 1 is 1.40 bits per heavy atom. The van der Waals surface area contributed by atoms with Crippen LogP contribution in [0, 0.1) is 0 Å². The zero-order valence-corrected chi connectivity index (χ0v) is 8.55. The van der Waals surface area contributed by atoms with Crippen LogP contribution in [0.15, 0.2) is 18.2 Å². The molecule has 1 rings (SSSR count). The van der Waals surface area contributed by atoms with Crippen molar-refractivity contribution >= 4 is 5.69 Å². The first-order chi connectivity index (χ1) is 7.10. The number of ether oxygens (including phenoxy) is 1. The molecule has 5 nitrogen and oxygen atoms in total. The molecule has 0 heterocycles. The van der Waals surface area contributed by atoms with Gasteiger partial charge in [0.2, 0.25) is 0 Å². The lowest BCUT2D eigenvalue weighted by atomic mass is 10.0. The molecule has 1 aromatic rings. The Hall–Kier alpha value is -1.30. The van der Waals surface area contributed by atoms with E-state index in [1.54, 1.807) is 18.2 Å². The molecule has 6 N–H and O–H groups in total. The van der Waals surface area contributed by atoms with E-state index in [1.807, 2.05) is 0 Å². The van der Waals surface area contributed by atoms with Gasteiger partial charge in [0.15, 0.2) is 0 Å². The molecule has 0 aliphatic carbocycles. The Bertz CT molecular complexity index is 330. The molecular formula is C10H16N2O3. The van der Waals surface area contributed by atoms with Crippen molar-refractivity contribution in [2.45, 2.75) is 12.2 Å². The molecule has 0 saturated heterocycles. The van der Waals surface area contributed by atoms with Gasteiger partial charge in [0.05, 0.1) is 13.2 Å². The molecule has 0 radical (unpaired) electrons. The summed E-state index contributed by atoms with van der Waals surface area (Å²) in [5, 5.41) is 19.1. The minimum Gasteiger partial charge on any atom is -0.496 e. The molecule has 84 valence electrons. The largest absolute Gasteiger partial charge is 0.496 e. The predicted octanol–water partition coefficient (Wildman–Crippen LogP) is -0.370. The highest BCUT2D eigenvalue weighted by Gasteiger charge is 2.20. The Morgan fingerprint density at radius 2 is 2.07 bits per heavy atom. The smallest absolute Gasteiger partial charge is 0.126 e. The number of anilines is 1. The summed E-state index contributed by atoms with van der Waals surface area (Å²) >= 11 is 0.